The predicted molar refractivity (Wildman–Crippen MR) is 103 cm³/mol. The van der Waals surface area contributed by atoms with Crippen LogP contribution in [0.5, 0.6) is 17.2 Å². The lowest BCUT2D eigenvalue weighted by atomic mass is 10.2. The van der Waals surface area contributed by atoms with E-state index in [0.717, 1.165) is 0 Å². The second-order valence-corrected chi connectivity index (χ2v) is 5.85. The summed E-state index contributed by atoms with van der Waals surface area (Å²) in [7, 11) is 4.48. The Morgan fingerprint density at radius 3 is 2.54 bits per heavy atom. The van der Waals surface area contributed by atoms with Crippen molar-refractivity contribution in [1.29, 1.82) is 0 Å². The molecule has 1 N–H and O–H groups in total. The largest absolute Gasteiger partial charge is 0.497 e. The van der Waals surface area contributed by atoms with Crippen molar-refractivity contribution >= 4 is 23.8 Å². The van der Waals surface area contributed by atoms with E-state index in [2.05, 4.69) is 5.32 Å². The number of aldehydes is 1. The molecule has 2 amide bonds. The highest BCUT2D eigenvalue weighted by Gasteiger charge is 2.15. The minimum absolute atomic E-state index is 0.138. The Bertz CT molecular complexity index is 852. The summed E-state index contributed by atoms with van der Waals surface area (Å²) in [5, 5.41) is 2.70. The molecule has 2 aromatic carbocycles. The smallest absolute Gasteiger partial charge is 0.260 e. The van der Waals surface area contributed by atoms with Gasteiger partial charge in [-0.3, -0.25) is 14.4 Å². The van der Waals surface area contributed by atoms with Crippen LogP contribution in [0.1, 0.15) is 10.4 Å². The molecule has 0 saturated carbocycles. The zero-order chi connectivity index (χ0) is 20.5. The average molecular weight is 386 g/mol. The third-order valence-electron chi connectivity index (χ3n) is 3.83. The normalized spacial score (nSPS) is 9.96. The molecule has 148 valence electrons. The molecule has 8 heteroatoms. The lowest BCUT2D eigenvalue weighted by Gasteiger charge is -2.18. The third kappa shape index (κ3) is 5.73. The van der Waals surface area contributed by atoms with Crippen LogP contribution < -0.4 is 19.5 Å². The van der Waals surface area contributed by atoms with Crippen molar-refractivity contribution in [2.24, 2.45) is 0 Å². The molecule has 2 aromatic rings. The summed E-state index contributed by atoms with van der Waals surface area (Å²) in [6.45, 7) is -0.416. The van der Waals surface area contributed by atoms with Crippen molar-refractivity contribution in [1.82, 2.24) is 4.90 Å². The predicted octanol–water partition coefficient (Wildman–Crippen LogP) is 1.99. The van der Waals surface area contributed by atoms with Crippen LogP contribution in [0.2, 0.25) is 0 Å². The molecule has 28 heavy (non-hydrogen) atoms. The molecule has 0 atom stereocenters. The Balaban J connectivity index is 1.88. The quantitative estimate of drug-likeness (QED) is 0.663. The molecule has 2 rings (SSSR count). The number of benzene rings is 2. The maximum absolute atomic E-state index is 12.2. The minimum Gasteiger partial charge on any atom is -0.497 e. The van der Waals surface area contributed by atoms with Gasteiger partial charge in [0.15, 0.2) is 18.1 Å². The number of rotatable bonds is 9. The molecule has 0 unspecified atom stereocenters. The van der Waals surface area contributed by atoms with E-state index in [1.807, 2.05) is 0 Å². The summed E-state index contributed by atoms with van der Waals surface area (Å²) >= 11 is 0. The van der Waals surface area contributed by atoms with Crippen LogP contribution in [-0.4, -0.2) is 57.4 Å². The molecule has 0 aliphatic heterocycles. The van der Waals surface area contributed by atoms with Crippen molar-refractivity contribution in [3.8, 4) is 17.2 Å². The molecule has 0 saturated heterocycles. The fraction of sp³-hybridized carbons (Fsp3) is 0.250. The molecule has 8 nitrogen and oxygen atoms in total. The number of anilines is 1. The van der Waals surface area contributed by atoms with Gasteiger partial charge in [-0.2, -0.15) is 0 Å². The molecular formula is C20H22N2O6. The monoisotopic (exact) mass is 386 g/mol. The van der Waals surface area contributed by atoms with Crippen LogP contribution in [0.4, 0.5) is 5.69 Å². The molecule has 0 spiro atoms. The Morgan fingerprint density at radius 2 is 1.86 bits per heavy atom. The number of nitrogens with zero attached hydrogens (tertiary/aromatic N) is 1. The summed E-state index contributed by atoms with van der Waals surface area (Å²) < 4.78 is 15.7. The first-order chi connectivity index (χ1) is 13.5. The van der Waals surface area contributed by atoms with Crippen LogP contribution >= 0.6 is 0 Å². The lowest BCUT2D eigenvalue weighted by molar-refractivity contribution is -0.135. The first-order valence-electron chi connectivity index (χ1n) is 8.40. The van der Waals surface area contributed by atoms with E-state index in [0.29, 0.717) is 34.8 Å². The highest BCUT2D eigenvalue weighted by Crippen LogP contribution is 2.27. The first kappa shape index (κ1) is 20.8. The Kier molecular flexibility index (Phi) is 7.38. The van der Waals surface area contributed by atoms with E-state index in [-0.39, 0.29) is 25.0 Å². The van der Waals surface area contributed by atoms with Gasteiger partial charge >= 0.3 is 0 Å². The zero-order valence-electron chi connectivity index (χ0n) is 15.9. The van der Waals surface area contributed by atoms with Crippen molar-refractivity contribution in [2.75, 3.05) is 39.7 Å². The second-order valence-electron chi connectivity index (χ2n) is 5.85. The highest BCUT2D eigenvalue weighted by atomic mass is 16.5. The third-order valence-corrected chi connectivity index (χ3v) is 3.83. The minimum atomic E-state index is -0.387. The van der Waals surface area contributed by atoms with E-state index < -0.39 is 0 Å². The van der Waals surface area contributed by atoms with Crippen molar-refractivity contribution < 1.29 is 28.6 Å². The molecule has 0 radical (unpaired) electrons. The number of hydrogen-bond acceptors (Lipinski definition) is 6. The van der Waals surface area contributed by atoms with E-state index >= 15 is 0 Å². The highest BCUT2D eigenvalue weighted by molar-refractivity contribution is 5.94. The number of amides is 2. The molecular weight excluding hydrogens is 364 g/mol. The summed E-state index contributed by atoms with van der Waals surface area (Å²) in [6, 6.07) is 11.5. The number of hydrogen-bond donors (Lipinski definition) is 1. The molecule has 0 aliphatic rings. The molecule has 0 aliphatic carbocycles. The van der Waals surface area contributed by atoms with Gasteiger partial charge in [0, 0.05) is 24.4 Å². The van der Waals surface area contributed by atoms with Crippen LogP contribution in [0.15, 0.2) is 42.5 Å². The van der Waals surface area contributed by atoms with Gasteiger partial charge in [0.05, 0.1) is 20.8 Å². The molecule has 0 heterocycles. The molecule has 0 aromatic heterocycles. The van der Waals surface area contributed by atoms with Gasteiger partial charge in [-0.1, -0.05) is 6.07 Å². The first-order valence-corrected chi connectivity index (χ1v) is 8.40. The van der Waals surface area contributed by atoms with Crippen LogP contribution in [0, 0.1) is 0 Å². The van der Waals surface area contributed by atoms with E-state index in [1.165, 1.54) is 32.2 Å². The zero-order valence-corrected chi connectivity index (χ0v) is 15.9. The summed E-state index contributed by atoms with van der Waals surface area (Å²) in [6.07, 6.45) is 0.687. The van der Waals surface area contributed by atoms with E-state index in [1.54, 1.807) is 36.4 Å². The number of ether oxygens (including phenoxy) is 3. The van der Waals surface area contributed by atoms with Gasteiger partial charge < -0.3 is 24.4 Å². The molecule has 0 fully saturated rings. The number of methoxy groups -OCH3 is 2. The second kappa shape index (κ2) is 9.96. The number of carbonyl (C=O) groups is 3. The van der Waals surface area contributed by atoms with E-state index in [9.17, 15) is 14.4 Å². The fourth-order valence-corrected chi connectivity index (χ4v) is 2.33. The SMILES string of the molecule is COc1cccc(NC(=O)CN(C)C(=O)COc2ccc(C=O)cc2OC)c1. The Hall–Kier alpha value is -3.55. The van der Waals surface area contributed by atoms with Crippen LogP contribution in [0.3, 0.4) is 0 Å². The van der Waals surface area contributed by atoms with Gasteiger partial charge in [-0.05, 0) is 30.3 Å². The van der Waals surface area contributed by atoms with Crippen molar-refractivity contribution in [3.05, 3.63) is 48.0 Å². The number of carbonyl (C=O) groups excluding carboxylic acids is 3. The Labute approximate surface area is 163 Å². The van der Waals surface area contributed by atoms with Gasteiger partial charge in [-0.25, -0.2) is 0 Å². The van der Waals surface area contributed by atoms with Crippen molar-refractivity contribution in [3.63, 3.8) is 0 Å². The summed E-state index contributed by atoms with van der Waals surface area (Å²) in [5.74, 6) is 0.552. The topological polar surface area (TPSA) is 94.2 Å². The number of likely N-dealkylation sites (N-methyl/N-ethyl adjacent to an activating group) is 1. The number of nitrogens with one attached hydrogen (secondary N) is 1. The summed E-state index contributed by atoms with van der Waals surface area (Å²) in [4.78, 5) is 36.4. The summed E-state index contributed by atoms with van der Waals surface area (Å²) in [5.41, 5.74) is 1.00. The lowest BCUT2D eigenvalue weighted by Crippen LogP contribution is -2.37. The Morgan fingerprint density at radius 1 is 1.07 bits per heavy atom. The van der Waals surface area contributed by atoms with Crippen LogP contribution in [0.25, 0.3) is 0 Å². The van der Waals surface area contributed by atoms with Gasteiger partial charge in [0.25, 0.3) is 5.91 Å². The van der Waals surface area contributed by atoms with Crippen molar-refractivity contribution in [2.45, 2.75) is 0 Å². The average Bonchev–Trinajstić information content (AvgIpc) is 2.71. The fourth-order valence-electron chi connectivity index (χ4n) is 2.33. The van der Waals surface area contributed by atoms with Crippen LogP contribution in [-0.2, 0) is 9.59 Å². The van der Waals surface area contributed by atoms with Gasteiger partial charge in [0.2, 0.25) is 5.91 Å². The van der Waals surface area contributed by atoms with Gasteiger partial charge in [0.1, 0.15) is 12.0 Å². The van der Waals surface area contributed by atoms with Gasteiger partial charge in [-0.15, -0.1) is 0 Å². The standard InChI is InChI=1S/C20H22N2O6/c1-22(11-19(24)21-15-5-4-6-16(10-15)26-2)20(25)13-28-17-8-7-14(12-23)9-18(17)27-3/h4-10,12H,11,13H2,1-3H3,(H,21,24). The van der Waals surface area contributed by atoms with E-state index in [4.69, 9.17) is 14.2 Å². The maximum atomic E-state index is 12.2. The maximum Gasteiger partial charge on any atom is 0.260 e. The molecule has 0 bridgehead atoms.